The lowest BCUT2D eigenvalue weighted by molar-refractivity contribution is -0.136. The first kappa shape index (κ1) is 14.3. The number of aromatic nitrogens is 1. The Balaban J connectivity index is 2.62. The monoisotopic (exact) mass is 284 g/mol. The zero-order valence-corrected chi connectivity index (χ0v) is 10.2. The normalized spacial score (nSPS) is 11.6. The third-order valence-electron chi connectivity index (χ3n) is 2.70. The summed E-state index contributed by atoms with van der Waals surface area (Å²) >= 11 is 0. The lowest BCUT2D eigenvalue weighted by atomic mass is 10.0. The second-order valence-corrected chi connectivity index (χ2v) is 4.04. The molecule has 20 heavy (non-hydrogen) atoms. The van der Waals surface area contributed by atoms with Gasteiger partial charge in [0.1, 0.15) is 0 Å². The van der Waals surface area contributed by atoms with Gasteiger partial charge in [-0.25, -0.2) is 0 Å². The van der Waals surface area contributed by atoms with Gasteiger partial charge >= 0.3 is 6.18 Å². The number of alkyl halides is 3. The number of para-hydroxylation sites is 1. The highest BCUT2D eigenvalue weighted by atomic mass is 19.4. The van der Waals surface area contributed by atoms with E-state index in [2.05, 4.69) is 10.3 Å². The standard InChI is InChI=1S/C13H11F3N2O2/c14-13(15,16)11-8-3-1-2-4-10(8)18-7-9(11)12(20)17-5-6-19/h1-4,7,19H,5-6H2,(H,17,20). The molecule has 2 rings (SSSR count). The Kier molecular flexibility index (Phi) is 3.89. The number of nitrogens with one attached hydrogen (secondary N) is 1. The number of carbonyl (C=O) groups excluding carboxylic acids is 1. The van der Waals surface area contributed by atoms with E-state index in [9.17, 15) is 18.0 Å². The van der Waals surface area contributed by atoms with Crippen LogP contribution in [0.3, 0.4) is 0 Å². The van der Waals surface area contributed by atoms with Gasteiger partial charge in [0.25, 0.3) is 5.91 Å². The third kappa shape index (κ3) is 2.72. The highest BCUT2D eigenvalue weighted by Crippen LogP contribution is 2.36. The second kappa shape index (κ2) is 5.46. The number of aliphatic hydroxyl groups is 1. The summed E-state index contributed by atoms with van der Waals surface area (Å²) in [4.78, 5) is 15.6. The number of rotatable bonds is 3. The van der Waals surface area contributed by atoms with Crippen LogP contribution < -0.4 is 5.32 Å². The van der Waals surface area contributed by atoms with Gasteiger partial charge in [0, 0.05) is 18.1 Å². The van der Waals surface area contributed by atoms with Crippen LogP contribution in [0.1, 0.15) is 15.9 Å². The van der Waals surface area contributed by atoms with E-state index in [0.717, 1.165) is 6.20 Å². The van der Waals surface area contributed by atoms with Gasteiger partial charge < -0.3 is 10.4 Å². The van der Waals surface area contributed by atoms with E-state index in [4.69, 9.17) is 5.11 Å². The summed E-state index contributed by atoms with van der Waals surface area (Å²) in [5.41, 5.74) is -1.40. The van der Waals surface area contributed by atoms with Gasteiger partial charge in [-0.3, -0.25) is 9.78 Å². The molecule has 0 aliphatic rings. The number of nitrogens with zero attached hydrogens (tertiary/aromatic N) is 1. The number of benzene rings is 1. The average molecular weight is 284 g/mol. The van der Waals surface area contributed by atoms with E-state index in [1.54, 1.807) is 6.07 Å². The molecule has 0 aliphatic heterocycles. The summed E-state index contributed by atoms with van der Waals surface area (Å²) in [6.07, 6.45) is -3.77. The molecule has 0 aliphatic carbocycles. The zero-order chi connectivity index (χ0) is 14.8. The SMILES string of the molecule is O=C(NCCO)c1cnc2ccccc2c1C(F)(F)F. The smallest absolute Gasteiger partial charge is 0.395 e. The minimum absolute atomic E-state index is 0.122. The maximum absolute atomic E-state index is 13.2. The molecule has 0 atom stereocenters. The van der Waals surface area contributed by atoms with Crippen molar-refractivity contribution in [3.8, 4) is 0 Å². The molecular formula is C13H11F3N2O2. The topological polar surface area (TPSA) is 62.2 Å². The van der Waals surface area contributed by atoms with Gasteiger partial charge in [-0.15, -0.1) is 0 Å². The van der Waals surface area contributed by atoms with Crippen molar-refractivity contribution in [2.75, 3.05) is 13.2 Å². The third-order valence-corrected chi connectivity index (χ3v) is 2.70. The number of hydrogen-bond acceptors (Lipinski definition) is 3. The number of hydrogen-bond donors (Lipinski definition) is 2. The predicted molar refractivity (Wildman–Crippen MR) is 66.2 cm³/mol. The molecule has 106 valence electrons. The molecule has 0 unspecified atom stereocenters. The Bertz CT molecular complexity index is 641. The van der Waals surface area contributed by atoms with E-state index >= 15 is 0 Å². The molecule has 0 spiro atoms. The maximum Gasteiger partial charge on any atom is 0.417 e. The zero-order valence-electron chi connectivity index (χ0n) is 10.2. The minimum Gasteiger partial charge on any atom is -0.395 e. The number of halogens is 3. The molecule has 1 heterocycles. The van der Waals surface area contributed by atoms with Crippen LogP contribution in [0, 0.1) is 0 Å². The van der Waals surface area contributed by atoms with E-state index in [0.29, 0.717) is 0 Å². The Hall–Kier alpha value is -2.15. The molecule has 0 saturated carbocycles. The van der Waals surface area contributed by atoms with Gasteiger partial charge in [-0.2, -0.15) is 13.2 Å². The van der Waals surface area contributed by atoms with Crippen LogP contribution in [0.5, 0.6) is 0 Å². The van der Waals surface area contributed by atoms with Crippen molar-refractivity contribution in [3.05, 3.63) is 41.6 Å². The van der Waals surface area contributed by atoms with E-state index < -0.39 is 23.2 Å². The minimum atomic E-state index is -4.67. The van der Waals surface area contributed by atoms with Crippen molar-refractivity contribution in [2.45, 2.75) is 6.18 Å². The van der Waals surface area contributed by atoms with Gasteiger partial charge in [0.15, 0.2) is 0 Å². The fourth-order valence-corrected chi connectivity index (χ4v) is 1.88. The predicted octanol–water partition coefficient (Wildman–Crippen LogP) is 1.98. The van der Waals surface area contributed by atoms with Crippen LogP contribution in [-0.2, 0) is 6.18 Å². The lowest BCUT2D eigenvalue weighted by Crippen LogP contribution is -2.29. The highest BCUT2D eigenvalue weighted by molar-refractivity contribution is 6.00. The highest BCUT2D eigenvalue weighted by Gasteiger charge is 2.37. The molecular weight excluding hydrogens is 273 g/mol. The lowest BCUT2D eigenvalue weighted by Gasteiger charge is -2.14. The van der Waals surface area contributed by atoms with Crippen molar-refractivity contribution in [2.24, 2.45) is 0 Å². The number of fused-ring (bicyclic) bond motifs is 1. The largest absolute Gasteiger partial charge is 0.417 e. The summed E-state index contributed by atoms with van der Waals surface area (Å²) in [6.45, 7) is -0.475. The first-order valence-corrected chi connectivity index (χ1v) is 5.79. The summed E-state index contributed by atoms with van der Waals surface area (Å²) < 4.78 is 39.6. The molecule has 4 nitrogen and oxygen atoms in total. The molecule has 0 fully saturated rings. The Labute approximate surface area is 112 Å². The van der Waals surface area contributed by atoms with Crippen LogP contribution in [0.2, 0.25) is 0 Å². The first-order chi connectivity index (χ1) is 9.45. The van der Waals surface area contributed by atoms with Gasteiger partial charge in [0.05, 0.1) is 23.3 Å². The number of aliphatic hydroxyl groups excluding tert-OH is 1. The molecule has 1 amide bonds. The molecule has 2 N–H and O–H groups in total. The van der Waals surface area contributed by atoms with Crippen LogP contribution in [0.25, 0.3) is 10.9 Å². The molecule has 0 saturated heterocycles. The van der Waals surface area contributed by atoms with E-state index in [-0.39, 0.29) is 24.1 Å². The van der Waals surface area contributed by atoms with Gasteiger partial charge in [0.2, 0.25) is 0 Å². The number of carbonyl (C=O) groups is 1. The Morgan fingerprint density at radius 2 is 2.00 bits per heavy atom. The number of amides is 1. The quantitative estimate of drug-likeness (QED) is 0.906. The summed E-state index contributed by atoms with van der Waals surface area (Å²) in [7, 11) is 0. The molecule has 7 heteroatoms. The summed E-state index contributed by atoms with van der Waals surface area (Å²) in [6, 6.07) is 5.74. The van der Waals surface area contributed by atoms with Gasteiger partial charge in [-0.1, -0.05) is 18.2 Å². The van der Waals surface area contributed by atoms with Crippen molar-refractivity contribution in [1.29, 1.82) is 0 Å². The molecule has 2 aromatic rings. The van der Waals surface area contributed by atoms with Crippen LogP contribution in [0.15, 0.2) is 30.5 Å². The van der Waals surface area contributed by atoms with Crippen molar-refractivity contribution >= 4 is 16.8 Å². The van der Waals surface area contributed by atoms with Crippen molar-refractivity contribution in [1.82, 2.24) is 10.3 Å². The molecule has 0 bridgehead atoms. The Morgan fingerprint density at radius 1 is 1.30 bits per heavy atom. The van der Waals surface area contributed by atoms with Crippen LogP contribution >= 0.6 is 0 Å². The van der Waals surface area contributed by atoms with Crippen molar-refractivity contribution in [3.63, 3.8) is 0 Å². The Morgan fingerprint density at radius 3 is 2.65 bits per heavy atom. The molecule has 0 radical (unpaired) electrons. The van der Waals surface area contributed by atoms with E-state index in [1.807, 2.05) is 0 Å². The van der Waals surface area contributed by atoms with Gasteiger partial charge in [-0.05, 0) is 6.07 Å². The fraction of sp³-hybridized carbons (Fsp3) is 0.231. The van der Waals surface area contributed by atoms with E-state index in [1.165, 1.54) is 18.2 Å². The van der Waals surface area contributed by atoms with Crippen molar-refractivity contribution < 1.29 is 23.1 Å². The van der Waals surface area contributed by atoms with Crippen LogP contribution in [0.4, 0.5) is 13.2 Å². The number of pyridine rings is 1. The summed E-state index contributed by atoms with van der Waals surface area (Å²) in [5, 5.41) is 10.7. The molecule has 1 aromatic heterocycles. The average Bonchev–Trinajstić information content (AvgIpc) is 2.42. The van der Waals surface area contributed by atoms with Crippen LogP contribution in [-0.4, -0.2) is 29.1 Å². The second-order valence-electron chi connectivity index (χ2n) is 4.04. The summed E-state index contributed by atoms with van der Waals surface area (Å²) in [5.74, 6) is -0.912. The molecule has 1 aromatic carbocycles. The first-order valence-electron chi connectivity index (χ1n) is 5.79. The maximum atomic E-state index is 13.2. The fourth-order valence-electron chi connectivity index (χ4n) is 1.88.